The molecule has 2 fully saturated rings. The summed E-state index contributed by atoms with van der Waals surface area (Å²) >= 11 is 0. The molecule has 0 unspecified atom stereocenters. The Kier molecular flexibility index (Phi) is 7.83. The molecule has 0 aromatic heterocycles. The highest BCUT2D eigenvalue weighted by Gasteiger charge is 2.33. The largest absolute Gasteiger partial charge is 0.442 e. The van der Waals surface area contributed by atoms with Crippen LogP contribution in [-0.2, 0) is 19.1 Å². The summed E-state index contributed by atoms with van der Waals surface area (Å²) in [4.78, 5) is 49.4. The van der Waals surface area contributed by atoms with Crippen LogP contribution in [-0.4, -0.2) is 62.8 Å². The Morgan fingerprint density at radius 1 is 0.947 bits per heavy atom. The standard InChI is InChI=1S/C24H24F2N6O6/c25-19-5-13(31-11-15(37-23(31)35)9-29-21(33)7-27)1-3-17(19)18-4-2-14(6-20(18)26)32-12-16(38-24(32)36)10-30-22(34)8-28/h1-6,9,16H,7-8,10-12,27-28H2,(H,29,33)(H,30,34)/b15-9-/t16-/m0/s1. The van der Waals surface area contributed by atoms with Gasteiger partial charge in [0, 0.05) is 17.3 Å². The number of hydrogen-bond acceptors (Lipinski definition) is 8. The van der Waals surface area contributed by atoms with Crippen molar-refractivity contribution in [1.82, 2.24) is 10.6 Å². The summed E-state index contributed by atoms with van der Waals surface area (Å²) in [6.45, 7) is -0.383. The third-order valence-corrected chi connectivity index (χ3v) is 5.74. The number of ether oxygens (including phenoxy) is 2. The van der Waals surface area contributed by atoms with Gasteiger partial charge in [-0.3, -0.25) is 19.4 Å². The second-order valence-electron chi connectivity index (χ2n) is 8.29. The van der Waals surface area contributed by atoms with Crippen LogP contribution in [0.15, 0.2) is 48.4 Å². The Balaban J connectivity index is 1.47. The molecule has 0 aliphatic carbocycles. The van der Waals surface area contributed by atoms with Gasteiger partial charge in [0.2, 0.25) is 11.8 Å². The van der Waals surface area contributed by atoms with E-state index in [9.17, 15) is 19.2 Å². The maximum atomic E-state index is 15.0. The van der Waals surface area contributed by atoms with E-state index in [1.54, 1.807) is 0 Å². The molecule has 14 heteroatoms. The van der Waals surface area contributed by atoms with Crippen molar-refractivity contribution in [2.75, 3.05) is 42.5 Å². The van der Waals surface area contributed by atoms with Gasteiger partial charge >= 0.3 is 12.2 Å². The summed E-state index contributed by atoms with van der Waals surface area (Å²) in [6, 6.07) is 7.64. The van der Waals surface area contributed by atoms with E-state index in [2.05, 4.69) is 10.6 Å². The average Bonchev–Trinajstić information content (AvgIpc) is 3.47. The zero-order chi connectivity index (χ0) is 27.4. The number of benzene rings is 2. The molecule has 2 saturated heterocycles. The van der Waals surface area contributed by atoms with Gasteiger partial charge < -0.3 is 31.6 Å². The average molecular weight is 530 g/mol. The van der Waals surface area contributed by atoms with Crippen LogP contribution in [0.3, 0.4) is 0 Å². The number of hydrogen-bond donors (Lipinski definition) is 4. The quantitative estimate of drug-likeness (QED) is 0.390. The van der Waals surface area contributed by atoms with Crippen molar-refractivity contribution >= 4 is 35.4 Å². The van der Waals surface area contributed by atoms with Gasteiger partial charge in [-0.15, -0.1) is 0 Å². The second kappa shape index (κ2) is 11.2. The minimum Gasteiger partial charge on any atom is -0.442 e. The minimum absolute atomic E-state index is 0.0561. The Bertz CT molecular complexity index is 1320. The fraction of sp³-hybridized carbons (Fsp3) is 0.250. The van der Waals surface area contributed by atoms with Crippen LogP contribution in [0.1, 0.15) is 0 Å². The number of anilines is 2. The molecular weight excluding hydrogens is 506 g/mol. The fourth-order valence-corrected chi connectivity index (χ4v) is 3.83. The van der Waals surface area contributed by atoms with E-state index in [4.69, 9.17) is 20.9 Å². The molecule has 0 spiro atoms. The van der Waals surface area contributed by atoms with Crippen molar-refractivity contribution < 1.29 is 37.4 Å². The normalized spacial score (nSPS) is 18.0. The van der Waals surface area contributed by atoms with Crippen molar-refractivity contribution in [2.24, 2.45) is 11.5 Å². The highest BCUT2D eigenvalue weighted by molar-refractivity contribution is 5.92. The SMILES string of the molecule is NCC(=O)N/C=C1/CN(c2ccc(-c3ccc(N4C[C@H](CNC(=O)CN)OC4=O)cc3F)c(F)c2)C(=O)O1. The first-order valence-corrected chi connectivity index (χ1v) is 11.4. The van der Waals surface area contributed by atoms with Crippen molar-refractivity contribution in [1.29, 1.82) is 0 Å². The molecule has 4 amide bonds. The van der Waals surface area contributed by atoms with Gasteiger partial charge in [0.15, 0.2) is 0 Å². The molecule has 200 valence electrons. The monoisotopic (exact) mass is 530 g/mol. The Labute approximate surface area is 215 Å². The predicted octanol–water partition coefficient (Wildman–Crippen LogP) is 0.905. The first-order valence-electron chi connectivity index (χ1n) is 11.4. The van der Waals surface area contributed by atoms with Gasteiger partial charge in [0.05, 0.1) is 44.1 Å². The number of rotatable bonds is 8. The van der Waals surface area contributed by atoms with E-state index in [-0.39, 0.29) is 61.0 Å². The highest BCUT2D eigenvalue weighted by Crippen LogP contribution is 2.33. The Hall–Kier alpha value is -4.56. The van der Waals surface area contributed by atoms with E-state index >= 15 is 8.78 Å². The maximum absolute atomic E-state index is 15.0. The molecule has 2 aliphatic rings. The van der Waals surface area contributed by atoms with E-state index in [1.165, 1.54) is 35.4 Å². The molecule has 2 aromatic carbocycles. The predicted molar refractivity (Wildman–Crippen MR) is 131 cm³/mol. The van der Waals surface area contributed by atoms with Gasteiger partial charge in [-0.1, -0.05) is 0 Å². The molecule has 0 bridgehead atoms. The van der Waals surface area contributed by atoms with E-state index in [0.29, 0.717) is 0 Å². The lowest BCUT2D eigenvalue weighted by atomic mass is 10.0. The number of nitrogens with one attached hydrogen (secondary N) is 2. The third-order valence-electron chi connectivity index (χ3n) is 5.74. The topological polar surface area (TPSA) is 169 Å². The van der Waals surface area contributed by atoms with Gasteiger partial charge in [0.1, 0.15) is 23.5 Å². The van der Waals surface area contributed by atoms with Crippen LogP contribution in [0.2, 0.25) is 0 Å². The molecular formula is C24H24F2N6O6. The van der Waals surface area contributed by atoms with Crippen LogP contribution in [0.25, 0.3) is 11.1 Å². The van der Waals surface area contributed by atoms with E-state index in [1.807, 2.05) is 0 Å². The minimum atomic E-state index is -0.799. The van der Waals surface area contributed by atoms with Crippen molar-refractivity contribution in [2.45, 2.75) is 6.10 Å². The van der Waals surface area contributed by atoms with Gasteiger partial charge in [-0.05, 0) is 36.4 Å². The zero-order valence-electron chi connectivity index (χ0n) is 19.9. The van der Waals surface area contributed by atoms with Crippen LogP contribution < -0.4 is 31.9 Å². The molecule has 2 aromatic rings. The van der Waals surface area contributed by atoms with Gasteiger partial charge in [-0.2, -0.15) is 0 Å². The molecule has 12 nitrogen and oxygen atoms in total. The summed E-state index contributed by atoms with van der Waals surface area (Å²) in [5.74, 6) is -2.34. The zero-order valence-corrected chi connectivity index (χ0v) is 19.9. The molecule has 4 rings (SSSR count). The Morgan fingerprint density at radius 2 is 1.55 bits per heavy atom. The number of carbonyl (C=O) groups excluding carboxylic acids is 4. The Morgan fingerprint density at radius 3 is 2.13 bits per heavy atom. The number of nitrogens with two attached hydrogens (primary N) is 2. The van der Waals surface area contributed by atoms with Crippen LogP contribution in [0, 0.1) is 11.6 Å². The molecule has 6 N–H and O–H groups in total. The molecule has 2 heterocycles. The fourth-order valence-electron chi connectivity index (χ4n) is 3.83. The number of nitrogens with zero attached hydrogens (tertiary/aromatic N) is 2. The summed E-state index contributed by atoms with van der Waals surface area (Å²) in [7, 11) is 0. The number of halogens is 2. The number of cyclic esters (lactones) is 2. The van der Waals surface area contributed by atoms with E-state index in [0.717, 1.165) is 17.0 Å². The highest BCUT2D eigenvalue weighted by atomic mass is 19.1. The summed E-state index contributed by atoms with van der Waals surface area (Å²) < 4.78 is 40.3. The van der Waals surface area contributed by atoms with Crippen molar-refractivity contribution in [3.8, 4) is 11.1 Å². The van der Waals surface area contributed by atoms with Crippen molar-refractivity contribution in [3.63, 3.8) is 0 Å². The number of amides is 4. The summed E-state index contributed by atoms with van der Waals surface area (Å²) in [5.41, 5.74) is 10.7. The first-order chi connectivity index (χ1) is 18.2. The molecule has 1 atom stereocenters. The van der Waals surface area contributed by atoms with Gasteiger partial charge in [0.25, 0.3) is 0 Å². The lowest BCUT2D eigenvalue weighted by Crippen LogP contribution is -2.37. The molecule has 38 heavy (non-hydrogen) atoms. The molecule has 0 radical (unpaired) electrons. The van der Waals surface area contributed by atoms with E-state index < -0.39 is 41.7 Å². The molecule has 0 saturated carbocycles. The summed E-state index contributed by atoms with van der Waals surface area (Å²) in [6.07, 6.45) is -0.939. The van der Waals surface area contributed by atoms with Crippen LogP contribution >= 0.6 is 0 Å². The summed E-state index contributed by atoms with van der Waals surface area (Å²) in [5, 5.41) is 4.88. The lowest BCUT2D eigenvalue weighted by Gasteiger charge is -2.16. The van der Waals surface area contributed by atoms with Gasteiger partial charge in [-0.25, -0.2) is 18.4 Å². The maximum Gasteiger partial charge on any atom is 0.419 e. The van der Waals surface area contributed by atoms with Crippen LogP contribution in [0.4, 0.5) is 29.7 Å². The van der Waals surface area contributed by atoms with Crippen LogP contribution in [0.5, 0.6) is 0 Å². The van der Waals surface area contributed by atoms with Crippen molar-refractivity contribution in [3.05, 3.63) is 60.0 Å². The second-order valence-corrected chi connectivity index (χ2v) is 8.29. The smallest absolute Gasteiger partial charge is 0.419 e. The number of carbonyl (C=O) groups is 4. The third kappa shape index (κ3) is 5.71. The first kappa shape index (κ1) is 26.5. The lowest BCUT2D eigenvalue weighted by molar-refractivity contribution is -0.120. The molecule has 2 aliphatic heterocycles.